The van der Waals surface area contributed by atoms with Gasteiger partial charge in [0, 0.05) is 11.0 Å². The molecule has 0 radical (unpaired) electrons. The fraction of sp³-hybridized carbons (Fsp3) is 0.500. The van der Waals surface area contributed by atoms with Gasteiger partial charge < -0.3 is 11.1 Å². The van der Waals surface area contributed by atoms with E-state index < -0.39 is 0 Å². The van der Waals surface area contributed by atoms with Crippen molar-refractivity contribution in [2.75, 3.05) is 6.54 Å². The number of aryl methyl sites for hydroxylation is 1. The molecule has 2 rings (SSSR count). The monoisotopic (exact) mass is 310 g/mol. The van der Waals surface area contributed by atoms with Gasteiger partial charge in [0.25, 0.3) is 5.91 Å². The summed E-state index contributed by atoms with van der Waals surface area (Å²) in [6.07, 6.45) is 2.31. The van der Waals surface area contributed by atoms with Gasteiger partial charge in [0.05, 0.1) is 11.1 Å². The molecule has 0 aromatic heterocycles. The standard InChI is InChI=1S/C14H19BrN2O/c1-9-3-6-11(12(15)7-9)13(18)17-14(2,8-16)10-4-5-10/h3,6-7,10H,4-5,8,16H2,1-2H3,(H,17,18). The number of hydrogen-bond acceptors (Lipinski definition) is 2. The van der Waals surface area contributed by atoms with Gasteiger partial charge >= 0.3 is 0 Å². The highest BCUT2D eigenvalue weighted by atomic mass is 79.9. The number of amides is 1. The number of rotatable bonds is 4. The minimum absolute atomic E-state index is 0.0540. The maximum atomic E-state index is 12.3. The lowest BCUT2D eigenvalue weighted by Crippen LogP contribution is -2.53. The maximum Gasteiger partial charge on any atom is 0.252 e. The summed E-state index contributed by atoms with van der Waals surface area (Å²) in [5.74, 6) is 0.470. The van der Waals surface area contributed by atoms with Gasteiger partial charge in [0.1, 0.15) is 0 Å². The molecule has 0 heterocycles. The average Bonchev–Trinajstić information content (AvgIpc) is 3.12. The third kappa shape index (κ3) is 2.75. The van der Waals surface area contributed by atoms with Gasteiger partial charge in [0.15, 0.2) is 0 Å². The molecular weight excluding hydrogens is 292 g/mol. The van der Waals surface area contributed by atoms with E-state index in [-0.39, 0.29) is 11.4 Å². The number of nitrogens with one attached hydrogen (secondary N) is 1. The molecule has 1 amide bonds. The molecule has 1 unspecified atom stereocenters. The Hall–Kier alpha value is -0.870. The second-order valence-electron chi connectivity index (χ2n) is 5.33. The first-order valence-electron chi connectivity index (χ1n) is 6.25. The third-order valence-corrected chi connectivity index (χ3v) is 4.33. The van der Waals surface area contributed by atoms with Crippen LogP contribution in [0.2, 0.25) is 0 Å². The van der Waals surface area contributed by atoms with Crippen molar-refractivity contribution in [2.24, 2.45) is 11.7 Å². The van der Waals surface area contributed by atoms with Crippen LogP contribution in [0, 0.1) is 12.8 Å². The molecule has 1 aromatic rings. The van der Waals surface area contributed by atoms with E-state index in [0.717, 1.165) is 22.9 Å². The molecule has 4 heteroatoms. The summed E-state index contributed by atoms with van der Waals surface area (Å²) in [5, 5.41) is 3.09. The normalized spacial score (nSPS) is 18.2. The van der Waals surface area contributed by atoms with Gasteiger partial charge in [-0.05, 0) is 66.2 Å². The quantitative estimate of drug-likeness (QED) is 0.898. The lowest BCUT2D eigenvalue weighted by molar-refractivity contribution is 0.0897. The first kappa shape index (κ1) is 13.6. The van der Waals surface area contributed by atoms with Crippen molar-refractivity contribution in [2.45, 2.75) is 32.2 Å². The van der Waals surface area contributed by atoms with Gasteiger partial charge in [-0.2, -0.15) is 0 Å². The number of benzene rings is 1. The molecule has 1 fully saturated rings. The van der Waals surface area contributed by atoms with Crippen LogP contribution in [-0.4, -0.2) is 18.0 Å². The number of carbonyl (C=O) groups excluding carboxylic acids is 1. The average molecular weight is 311 g/mol. The largest absolute Gasteiger partial charge is 0.345 e. The summed E-state index contributed by atoms with van der Waals surface area (Å²) in [6, 6.07) is 5.74. The van der Waals surface area contributed by atoms with E-state index in [0.29, 0.717) is 18.0 Å². The fourth-order valence-electron chi connectivity index (χ4n) is 2.17. The second-order valence-corrected chi connectivity index (χ2v) is 6.19. The number of carbonyl (C=O) groups is 1. The molecule has 0 aliphatic heterocycles. The predicted molar refractivity (Wildman–Crippen MR) is 76.5 cm³/mol. The highest BCUT2D eigenvalue weighted by Crippen LogP contribution is 2.39. The van der Waals surface area contributed by atoms with Crippen molar-refractivity contribution in [1.29, 1.82) is 0 Å². The maximum absolute atomic E-state index is 12.3. The second kappa shape index (κ2) is 5.02. The Kier molecular flexibility index (Phi) is 3.78. The Bertz CT molecular complexity index is 471. The minimum Gasteiger partial charge on any atom is -0.345 e. The summed E-state index contributed by atoms with van der Waals surface area (Å²) in [5.41, 5.74) is 7.33. The predicted octanol–water partition coefficient (Wildman–Crippen LogP) is 2.61. The summed E-state index contributed by atoms with van der Waals surface area (Å²) < 4.78 is 0.829. The van der Waals surface area contributed by atoms with Crippen LogP contribution in [0.4, 0.5) is 0 Å². The van der Waals surface area contributed by atoms with Gasteiger partial charge in [-0.25, -0.2) is 0 Å². The van der Waals surface area contributed by atoms with E-state index in [1.165, 1.54) is 0 Å². The van der Waals surface area contributed by atoms with Crippen LogP contribution in [-0.2, 0) is 0 Å². The van der Waals surface area contributed by atoms with Crippen LogP contribution in [0.25, 0.3) is 0 Å². The molecule has 0 spiro atoms. The van der Waals surface area contributed by atoms with Gasteiger partial charge in [-0.15, -0.1) is 0 Å². The number of nitrogens with two attached hydrogens (primary N) is 1. The highest BCUT2D eigenvalue weighted by molar-refractivity contribution is 9.10. The Balaban J connectivity index is 2.16. The Morgan fingerprint density at radius 1 is 1.56 bits per heavy atom. The van der Waals surface area contributed by atoms with Gasteiger partial charge in [-0.3, -0.25) is 4.79 Å². The van der Waals surface area contributed by atoms with Crippen LogP contribution in [0.15, 0.2) is 22.7 Å². The van der Waals surface area contributed by atoms with Crippen LogP contribution in [0.3, 0.4) is 0 Å². The van der Waals surface area contributed by atoms with Gasteiger partial charge in [0.2, 0.25) is 0 Å². The first-order chi connectivity index (χ1) is 8.46. The molecule has 18 heavy (non-hydrogen) atoms. The van der Waals surface area contributed by atoms with Crippen LogP contribution < -0.4 is 11.1 Å². The van der Waals surface area contributed by atoms with Crippen LogP contribution in [0.1, 0.15) is 35.7 Å². The lowest BCUT2D eigenvalue weighted by Gasteiger charge is -2.29. The number of halogens is 1. The summed E-state index contributed by atoms with van der Waals surface area (Å²) in [4.78, 5) is 12.3. The van der Waals surface area contributed by atoms with E-state index in [1.54, 1.807) is 0 Å². The first-order valence-corrected chi connectivity index (χ1v) is 7.04. The fourth-order valence-corrected chi connectivity index (χ4v) is 2.84. The lowest BCUT2D eigenvalue weighted by atomic mass is 9.95. The van der Waals surface area contributed by atoms with E-state index in [2.05, 4.69) is 21.2 Å². The molecular formula is C14H19BrN2O. The number of hydrogen-bond donors (Lipinski definition) is 2. The summed E-state index contributed by atoms with van der Waals surface area (Å²) >= 11 is 3.44. The zero-order chi connectivity index (χ0) is 13.3. The molecule has 0 bridgehead atoms. The van der Waals surface area contributed by atoms with Crippen molar-refractivity contribution in [3.05, 3.63) is 33.8 Å². The smallest absolute Gasteiger partial charge is 0.252 e. The van der Waals surface area contributed by atoms with Crippen LogP contribution in [0.5, 0.6) is 0 Å². The van der Waals surface area contributed by atoms with E-state index in [4.69, 9.17) is 5.73 Å². The van der Waals surface area contributed by atoms with E-state index in [1.807, 2.05) is 32.0 Å². The molecule has 1 atom stereocenters. The van der Waals surface area contributed by atoms with Crippen molar-refractivity contribution in [1.82, 2.24) is 5.32 Å². The molecule has 1 aromatic carbocycles. The Labute approximate surface area is 116 Å². The van der Waals surface area contributed by atoms with Crippen molar-refractivity contribution in [3.63, 3.8) is 0 Å². The van der Waals surface area contributed by atoms with Crippen molar-refractivity contribution < 1.29 is 4.79 Å². The molecule has 0 saturated heterocycles. The Morgan fingerprint density at radius 3 is 2.72 bits per heavy atom. The van der Waals surface area contributed by atoms with Gasteiger partial charge in [-0.1, -0.05) is 6.07 Å². The SMILES string of the molecule is Cc1ccc(C(=O)NC(C)(CN)C2CC2)c(Br)c1. The zero-order valence-corrected chi connectivity index (χ0v) is 12.4. The molecule has 1 saturated carbocycles. The highest BCUT2D eigenvalue weighted by Gasteiger charge is 2.41. The van der Waals surface area contributed by atoms with Crippen molar-refractivity contribution in [3.8, 4) is 0 Å². The summed E-state index contributed by atoms with van der Waals surface area (Å²) in [6.45, 7) is 4.51. The minimum atomic E-state index is -0.276. The van der Waals surface area contributed by atoms with E-state index in [9.17, 15) is 4.79 Å². The molecule has 1 aliphatic carbocycles. The summed E-state index contributed by atoms with van der Waals surface area (Å²) in [7, 11) is 0. The molecule has 3 nitrogen and oxygen atoms in total. The zero-order valence-electron chi connectivity index (χ0n) is 10.8. The third-order valence-electron chi connectivity index (χ3n) is 3.67. The topological polar surface area (TPSA) is 55.1 Å². The van der Waals surface area contributed by atoms with Crippen LogP contribution >= 0.6 is 15.9 Å². The van der Waals surface area contributed by atoms with Crippen molar-refractivity contribution >= 4 is 21.8 Å². The molecule has 1 aliphatic rings. The molecule has 98 valence electrons. The Morgan fingerprint density at radius 2 is 2.22 bits per heavy atom. The molecule has 3 N–H and O–H groups in total. The van der Waals surface area contributed by atoms with E-state index >= 15 is 0 Å².